The van der Waals surface area contributed by atoms with Crippen molar-refractivity contribution in [3.05, 3.63) is 28.8 Å². The average molecular weight is 312 g/mol. The molecule has 0 bridgehead atoms. The number of benzene rings is 1. The van der Waals surface area contributed by atoms with Crippen molar-refractivity contribution in [2.24, 2.45) is 0 Å². The van der Waals surface area contributed by atoms with Crippen molar-refractivity contribution in [3.63, 3.8) is 0 Å². The predicted molar refractivity (Wildman–Crippen MR) is 90.7 cm³/mol. The van der Waals surface area contributed by atoms with Gasteiger partial charge in [0.15, 0.2) is 5.11 Å². The highest BCUT2D eigenvalue weighted by Gasteiger charge is 2.18. The molecule has 1 aromatic carbocycles. The van der Waals surface area contributed by atoms with E-state index in [-0.39, 0.29) is 0 Å². The summed E-state index contributed by atoms with van der Waals surface area (Å²) in [5, 5.41) is 4.84. The van der Waals surface area contributed by atoms with Crippen LogP contribution in [0.5, 0.6) is 0 Å². The zero-order chi connectivity index (χ0) is 14.5. The van der Waals surface area contributed by atoms with Crippen molar-refractivity contribution < 1.29 is 0 Å². The predicted octanol–water partition coefficient (Wildman–Crippen LogP) is 3.37. The molecule has 2 rings (SSSR count). The Labute approximate surface area is 131 Å². The number of anilines is 1. The Morgan fingerprint density at radius 3 is 2.60 bits per heavy atom. The van der Waals surface area contributed by atoms with E-state index in [0.717, 1.165) is 47.6 Å². The van der Waals surface area contributed by atoms with Gasteiger partial charge in [0.2, 0.25) is 0 Å². The molecule has 20 heavy (non-hydrogen) atoms. The van der Waals surface area contributed by atoms with Gasteiger partial charge in [0.05, 0.1) is 0 Å². The molecule has 1 N–H and O–H groups in total. The summed E-state index contributed by atoms with van der Waals surface area (Å²) in [6.07, 6.45) is 1.21. The smallest absolute Gasteiger partial charge is 0.173 e. The minimum atomic E-state index is 0.769. The van der Waals surface area contributed by atoms with Gasteiger partial charge >= 0.3 is 0 Å². The molecule has 1 saturated heterocycles. The van der Waals surface area contributed by atoms with Gasteiger partial charge in [0.1, 0.15) is 0 Å². The van der Waals surface area contributed by atoms with E-state index in [2.05, 4.69) is 22.0 Å². The van der Waals surface area contributed by atoms with Crippen molar-refractivity contribution in [2.45, 2.75) is 20.3 Å². The maximum absolute atomic E-state index is 6.13. The second-order valence-electron chi connectivity index (χ2n) is 5.22. The first-order valence-electron chi connectivity index (χ1n) is 7.14. The summed E-state index contributed by atoms with van der Waals surface area (Å²) in [4.78, 5) is 4.72. The van der Waals surface area contributed by atoms with Crippen LogP contribution in [0.1, 0.15) is 18.9 Å². The van der Waals surface area contributed by atoms with Gasteiger partial charge < -0.3 is 10.2 Å². The van der Waals surface area contributed by atoms with Crippen molar-refractivity contribution in [1.82, 2.24) is 9.80 Å². The fourth-order valence-corrected chi connectivity index (χ4v) is 2.84. The van der Waals surface area contributed by atoms with E-state index < -0.39 is 0 Å². The molecule has 3 nitrogen and oxygen atoms in total. The lowest BCUT2D eigenvalue weighted by Crippen LogP contribution is -2.49. The van der Waals surface area contributed by atoms with Crippen LogP contribution in [0.4, 0.5) is 5.69 Å². The molecule has 1 heterocycles. The summed E-state index contributed by atoms with van der Waals surface area (Å²) in [6.45, 7) is 9.56. The van der Waals surface area contributed by atoms with Crippen LogP contribution in [-0.4, -0.2) is 47.6 Å². The molecule has 0 amide bonds. The minimum absolute atomic E-state index is 0.769. The molecular weight excluding hydrogens is 290 g/mol. The van der Waals surface area contributed by atoms with E-state index in [9.17, 15) is 0 Å². The molecule has 0 spiro atoms. The van der Waals surface area contributed by atoms with Crippen LogP contribution in [0.3, 0.4) is 0 Å². The van der Waals surface area contributed by atoms with Crippen LogP contribution in [0, 0.1) is 6.92 Å². The topological polar surface area (TPSA) is 18.5 Å². The summed E-state index contributed by atoms with van der Waals surface area (Å²) in [6, 6.07) is 5.95. The SMILES string of the molecule is CCCN1CCN(C(=S)Nc2ccc(C)c(Cl)c2)CC1. The van der Waals surface area contributed by atoms with E-state index >= 15 is 0 Å². The standard InChI is InChI=1S/C15H22ClN3S/c1-3-6-18-7-9-19(10-8-18)15(20)17-13-5-4-12(2)14(16)11-13/h4-5,11H,3,6-10H2,1-2H3,(H,17,20). The zero-order valence-corrected chi connectivity index (χ0v) is 13.7. The van der Waals surface area contributed by atoms with Crippen molar-refractivity contribution in [3.8, 4) is 0 Å². The molecule has 0 atom stereocenters. The quantitative estimate of drug-likeness (QED) is 0.862. The van der Waals surface area contributed by atoms with E-state index in [1.54, 1.807) is 0 Å². The summed E-state index contributed by atoms with van der Waals surface area (Å²) >= 11 is 11.6. The van der Waals surface area contributed by atoms with Gasteiger partial charge in [-0.05, 0) is 49.8 Å². The highest BCUT2D eigenvalue weighted by molar-refractivity contribution is 7.80. The molecule has 1 aromatic rings. The number of nitrogens with one attached hydrogen (secondary N) is 1. The van der Waals surface area contributed by atoms with Gasteiger partial charge in [-0.25, -0.2) is 0 Å². The molecule has 0 saturated carbocycles. The van der Waals surface area contributed by atoms with Crippen LogP contribution in [-0.2, 0) is 0 Å². The fourth-order valence-electron chi connectivity index (χ4n) is 2.36. The number of aryl methyl sites for hydroxylation is 1. The van der Waals surface area contributed by atoms with Crippen molar-refractivity contribution in [1.29, 1.82) is 0 Å². The van der Waals surface area contributed by atoms with Gasteiger partial charge in [-0.2, -0.15) is 0 Å². The zero-order valence-electron chi connectivity index (χ0n) is 12.2. The molecule has 110 valence electrons. The number of hydrogen-bond acceptors (Lipinski definition) is 2. The maximum Gasteiger partial charge on any atom is 0.173 e. The number of halogens is 1. The van der Waals surface area contributed by atoms with E-state index in [4.69, 9.17) is 23.8 Å². The van der Waals surface area contributed by atoms with Crippen LogP contribution >= 0.6 is 23.8 Å². The molecule has 0 radical (unpaired) electrons. The van der Waals surface area contributed by atoms with Gasteiger partial charge in [-0.3, -0.25) is 4.90 Å². The van der Waals surface area contributed by atoms with Crippen LogP contribution < -0.4 is 5.32 Å². The van der Waals surface area contributed by atoms with Gasteiger partial charge in [-0.15, -0.1) is 0 Å². The number of hydrogen-bond donors (Lipinski definition) is 1. The Bertz CT molecular complexity index is 470. The highest BCUT2D eigenvalue weighted by atomic mass is 35.5. The third-order valence-corrected chi connectivity index (χ3v) is 4.39. The Hall–Kier alpha value is -0.840. The summed E-state index contributed by atoms with van der Waals surface area (Å²) in [7, 11) is 0. The number of piperazine rings is 1. The largest absolute Gasteiger partial charge is 0.346 e. The Morgan fingerprint density at radius 2 is 2.00 bits per heavy atom. The fraction of sp³-hybridized carbons (Fsp3) is 0.533. The number of rotatable bonds is 3. The molecule has 0 unspecified atom stereocenters. The highest BCUT2D eigenvalue weighted by Crippen LogP contribution is 2.20. The third-order valence-electron chi connectivity index (χ3n) is 3.62. The summed E-state index contributed by atoms with van der Waals surface area (Å²) in [5.74, 6) is 0. The van der Waals surface area contributed by atoms with Crippen LogP contribution in [0.25, 0.3) is 0 Å². The molecule has 1 aliphatic heterocycles. The first-order chi connectivity index (χ1) is 9.60. The van der Waals surface area contributed by atoms with E-state index in [1.807, 2.05) is 25.1 Å². The van der Waals surface area contributed by atoms with Gasteiger partial charge in [0, 0.05) is 36.9 Å². The second-order valence-corrected chi connectivity index (χ2v) is 6.02. The first-order valence-corrected chi connectivity index (χ1v) is 7.93. The first kappa shape index (κ1) is 15.5. The molecule has 0 aromatic heterocycles. The van der Waals surface area contributed by atoms with Crippen LogP contribution in [0.15, 0.2) is 18.2 Å². The molecular formula is C15H22ClN3S. The Kier molecular flexibility index (Phi) is 5.64. The van der Waals surface area contributed by atoms with Crippen molar-refractivity contribution in [2.75, 3.05) is 38.0 Å². The maximum atomic E-state index is 6.13. The summed E-state index contributed by atoms with van der Waals surface area (Å²) in [5.41, 5.74) is 2.04. The van der Waals surface area contributed by atoms with Gasteiger partial charge in [0.25, 0.3) is 0 Å². The number of thiocarbonyl (C=S) groups is 1. The van der Waals surface area contributed by atoms with Gasteiger partial charge in [-0.1, -0.05) is 24.6 Å². The molecule has 1 fully saturated rings. The lowest BCUT2D eigenvalue weighted by atomic mass is 10.2. The Morgan fingerprint density at radius 1 is 1.30 bits per heavy atom. The third kappa shape index (κ3) is 4.08. The van der Waals surface area contributed by atoms with E-state index in [0.29, 0.717) is 0 Å². The lowest BCUT2D eigenvalue weighted by Gasteiger charge is -2.36. The second kappa shape index (κ2) is 7.25. The monoisotopic (exact) mass is 311 g/mol. The molecule has 0 aliphatic carbocycles. The lowest BCUT2D eigenvalue weighted by molar-refractivity contribution is 0.184. The average Bonchev–Trinajstić information content (AvgIpc) is 2.44. The molecule has 1 aliphatic rings. The van der Waals surface area contributed by atoms with E-state index in [1.165, 1.54) is 13.0 Å². The number of nitrogens with zero attached hydrogens (tertiary/aromatic N) is 2. The Balaban J connectivity index is 1.88. The molecule has 5 heteroatoms. The van der Waals surface area contributed by atoms with Crippen molar-refractivity contribution >= 4 is 34.6 Å². The normalized spacial score (nSPS) is 16.2. The minimum Gasteiger partial charge on any atom is -0.346 e. The van der Waals surface area contributed by atoms with Crippen LogP contribution in [0.2, 0.25) is 5.02 Å². The summed E-state index contributed by atoms with van der Waals surface area (Å²) < 4.78 is 0.